The van der Waals surface area contributed by atoms with E-state index in [-0.39, 0.29) is 11.6 Å². The highest BCUT2D eigenvalue weighted by Gasteiger charge is 2.35. The largest absolute Gasteiger partial charge is 0.459 e. The number of piperidine rings is 1. The van der Waals surface area contributed by atoms with Crippen molar-refractivity contribution in [3.05, 3.63) is 0 Å². The molecule has 100 valence electrons. The van der Waals surface area contributed by atoms with Gasteiger partial charge in [0.2, 0.25) is 0 Å². The number of hydrogen-bond acceptors (Lipinski definition) is 3. The topological polar surface area (TPSA) is 46.2 Å². The van der Waals surface area contributed by atoms with Crippen molar-refractivity contribution >= 4 is 5.97 Å². The predicted octanol–water partition coefficient (Wildman–Crippen LogP) is 0.233. The van der Waals surface area contributed by atoms with Crippen LogP contribution in [-0.2, 0) is 9.53 Å². The second kappa shape index (κ2) is 6.36. The van der Waals surface area contributed by atoms with Gasteiger partial charge in [0.25, 0.3) is 0 Å². The van der Waals surface area contributed by atoms with Crippen molar-refractivity contribution in [1.82, 2.24) is 4.90 Å². The van der Waals surface area contributed by atoms with Crippen molar-refractivity contribution in [1.29, 1.82) is 0 Å². The van der Waals surface area contributed by atoms with E-state index in [9.17, 15) is 4.79 Å². The first-order chi connectivity index (χ1) is 7.92. The minimum absolute atomic E-state index is 0.0711. The summed E-state index contributed by atoms with van der Waals surface area (Å²) in [5, 5.41) is 2.33. The van der Waals surface area contributed by atoms with Crippen molar-refractivity contribution in [2.45, 2.75) is 38.7 Å². The highest BCUT2D eigenvalue weighted by Crippen LogP contribution is 2.28. The minimum Gasteiger partial charge on any atom is -0.459 e. The molecule has 0 amide bonds. The van der Waals surface area contributed by atoms with Crippen molar-refractivity contribution in [2.24, 2.45) is 5.92 Å². The molecule has 17 heavy (non-hydrogen) atoms. The average Bonchev–Trinajstić information content (AvgIpc) is 2.27. The molecule has 4 nitrogen and oxygen atoms in total. The molecule has 0 aromatic heterocycles. The number of hydrogen-bond donors (Lipinski definition) is 1. The average molecular weight is 243 g/mol. The molecule has 0 bridgehead atoms. The number of nitrogens with two attached hydrogens (primary N) is 1. The predicted molar refractivity (Wildman–Crippen MR) is 67.7 cm³/mol. The number of nitrogens with zero attached hydrogens (tertiary/aromatic N) is 1. The summed E-state index contributed by atoms with van der Waals surface area (Å²) in [6, 6.07) is 0. The summed E-state index contributed by atoms with van der Waals surface area (Å²) in [6.07, 6.45) is 2.77. The first-order valence-corrected chi connectivity index (χ1v) is 6.60. The molecule has 0 aromatic carbocycles. The first-order valence-electron chi connectivity index (χ1n) is 6.60. The standard InChI is InChI=1S/C13H26N2O2/c1-13(2,11-5-8-14-9-6-11)17-12(16)7-10-15(3)4/h11,14H,5-10H2,1-4H3/p+1. The molecule has 0 radical (unpaired) electrons. The van der Waals surface area contributed by atoms with Gasteiger partial charge < -0.3 is 15.0 Å². The Morgan fingerprint density at radius 3 is 2.47 bits per heavy atom. The van der Waals surface area contributed by atoms with Gasteiger partial charge in [0.1, 0.15) is 5.60 Å². The molecule has 0 spiro atoms. The van der Waals surface area contributed by atoms with Crippen LogP contribution in [0.4, 0.5) is 0 Å². The Morgan fingerprint density at radius 1 is 1.35 bits per heavy atom. The van der Waals surface area contributed by atoms with E-state index in [1.807, 2.05) is 19.0 Å². The summed E-state index contributed by atoms with van der Waals surface area (Å²) in [4.78, 5) is 13.8. The van der Waals surface area contributed by atoms with Crippen molar-refractivity contribution in [3.63, 3.8) is 0 Å². The van der Waals surface area contributed by atoms with Gasteiger partial charge >= 0.3 is 5.97 Å². The third-order valence-electron chi connectivity index (χ3n) is 3.56. The highest BCUT2D eigenvalue weighted by molar-refractivity contribution is 5.70. The Kier molecular flexibility index (Phi) is 5.40. The molecule has 1 aliphatic rings. The van der Waals surface area contributed by atoms with Gasteiger partial charge in [-0.25, -0.2) is 0 Å². The Bertz CT molecular complexity index is 246. The second-order valence-corrected chi connectivity index (χ2v) is 5.77. The third-order valence-corrected chi connectivity index (χ3v) is 3.56. The molecule has 1 aliphatic heterocycles. The van der Waals surface area contributed by atoms with Crippen LogP contribution in [0.1, 0.15) is 33.1 Å². The Morgan fingerprint density at radius 2 is 1.94 bits per heavy atom. The number of quaternary nitrogens is 1. The Balaban J connectivity index is 2.38. The fraction of sp³-hybridized carbons (Fsp3) is 0.923. The van der Waals surface area contributed by atoms with E-state index in [2.05, 4.69) is 19.2 Å². The monoisotopic (exact) mass is 243 g/mol. The number of carbonyl (C=O) groups excluding carboxylic acids is 1. The van der Waals surface area contributed by atoms with E-state index in [1.54, 1.807) is 0 Å². The van der Waals surface area contributed by atoms with E-state index >= 15 is 0 Å². The number of rotatable bonds is 5. The zero-order valence-electron chi connectivity index (χ0n) is 11.7. The Hall–Kier alpha value is -0.610. The maximum absolute atomic E-state index is 11.7. The quantitative estimate of drug-likeness (QED) is 0.703. The molecule has 1 heterocycles. The van der Waals surface area contributed by atoms with Gasteiger partial charge in [0, 0.05) is 25.3 Å². The van der Waals surface area contributed by atoms with Gasteiger partial charge in [0.05, 0.1) is 19.5 Å². The molecule has 0 saturated carbocycles. The summed E-state index contributed by atoms with van der Waals surface area (Å²) in [6.45, 7) is 7.17. The van der Waals surface area contributed by atoms with Gasteiger partial charge in [-0.3, -0.25) is 4.79 Å². The number of ether oxygens (including phenoxy) is 1. The van der Waals surface area contributed by atoms with Crippen LogP contribution in [0, 0.1) is 5.92 Å². The summed E-state index contributed by atoms with van der Waals surface area (Å²) >= 11 is 0. The van der Waals surface area contributed by atoms with E-state index < -0.39 is 0 Å². The lowest BCUT2D eigenvalue weighted by atomic mass is 9.83. The van der Waals surface area contributed by atoms with Crippen LogP contribution in [0.2, 0.25) is 0 Å². The zero-order valence-corrected chi connectivity index (χ0v) is 11.7. The number of esters is 1. The molecule has 1 fully saturated rings. The third kappa shape index (κ3) is 5.04. The van der Waals surface area contributed by atoms with Crippen molar-refractivity contribution in [3.8, 4) is 0 Å². The van der Waals surface area contributed by atoms with Gasteiger partial charge in [0.15, 0.2) is 0 Å². The lowest BCUT2D eigenvalue weighted by Crippen LogP contribution is -2.86. The second-order valence-electron chi connectivity index (χ2n) is 5.77. The summed E-state index contributed by atoms with van der Waals surface area (Å²) in [5.41, 5.74) is -0.308. The van der Waals surface area contributed by atoms with Gasteiger partial charge in [-0.2, -0.15) is 0 Å². The fourth-order valence-electron chi connectivity index (χ4n) is 2.36. The van der Waals surface area contributed by atoms with Crippen LogP contribution < -0.4 is 5.32 Å². The molecule has 1 rings (SSSR count). The summed E-state index contributed by atoms with van der Waals surface area (Å²) < 4.78 is 5.65. The SMILES string of the molecule is CN(C)CCC(=O)OC(C)(C)C1CC[NH2+]CC1. The van der Waals surface area contributed by atoms with E-state index in [0.29, 0.717) is 12.3 Å². The molecule has 0 aromatic rings. The first kappa shape index (κ1) is 14.5. The lowest BCUT2D eigenvalue weighted by Gasteiger charge is -2.35. The van der Waals surface area contributed by atoms with Crippen LogP contribution in [0.25, 0.3) is 0 Å². The smallest absolute Gasteiger partial charge is 0.307 e. The maximum atomic E-state index is 11.7. The molecule has 2 N–H and O–H groups in total. The molecule has 4 heteroatoms. The van der Waals surface area contributed by atoms with Gasteiger partial charge in [-0.05, 0) is 27.9 Å². The Labute approximate surface area is 105 Å². The fourth-order valence-corrected chi connectivity index (χ4v) is 2.36. The van der Waals surface area contributed by atoms with Crippen LogP contribution in [0.3, 0.4) is 0 Å². The molecule has 0 atom stereocenters. The zero-order chi connectivity index (χ0) is 12.9. The van der Waals surface area contributed by atoms with Crippen LogP contribution in [0.5, 0.6) is 0 Å². The molecular formula is C13H27N2O2+. The molecule has 0 aliphatic carbocycles. The van der Waals surface area contributed by atoms with Crippen molar-refractivity contribution < 1.29 is 14.8 Å². The van der Waals surface area contributed by atoms with Crippen LogP contribution in [0.15, 0.2) is 0 Å². The maximum Gasteiger partial charge on any atom is 0.307 e. The van der Waals surface area contributed by atoms with Crippen LogP contribution in [-0.4, -0.2) is 50.2 Å². The molecular weight excluding hydrogens is 216 g/mol. The number of carbonyl (C=O) groups is 1. The minimum atomic E-state index is -0.308. The molecule has 0 unspecified atom stereocenters. The summed E-state index contributed by atoms with van der Waals surface area (Å²) in [5.74, 6) is 0.439. The van der Waals surface area contributed by atoms with E-state index in [1.165, 1.54) is 0 Å². The molecule has 1 saturated heterocycles. The van der Waals surface area contributed by atoms with Gasteiger partial charge in [-0.1, -0.05) is 0 Å². The van der Waals surface area contributed by atoms with E-state index in [0.717, 1.165) is 32.5 Å². The van der Waals surface area contributed by atoms with Gasteiger partial charge in [-0.15, -0.1) is 0 Å². The highest BCUT2D eigenvalue weighted by atomic mass is 16.6. The van der Waals surface area contributed by atoms with Crippen molar-refractivity contribution in [2.75, 3.05) is 33.7 Å². The van der Waals surface area contributed by atoms with Crippen LogP contribution >= 0.6 is 0 Å². The summed E-state index contributed by atoms with van der Waals surface area (Å²) in [7, 11) is 3.94. The van der Waals surface area contributed by atoms with E-state index in [4.69, 9.17) is 4.74 Å². The normalized spacial score (nSPS) is 18.4. The lowest BCUT2D eigenvalue weighted by molar-refractivity contribution is -0.665.